The lowest BCUT2D eigenvalue weighted by Crippen LogP contribution is -2.50. The molecule has 1 aromatic carbocycles. The van der Waals surface area contributed by atoms with Gasteiger partial charge in [0.2, 0.25) is 15.9 Å². The predicted octanol–water partition coefficient (Wildman–Crippen LogP) is 0.869. The fourth-order valence-corrected chi connectivity index (χ4v) is 3.94. The highest BCUT2D eigenvalue weighted by atomic mass is 32.2. The van der Waals surface area contributed by atoms with Crippen molar-refractivity contribution in [1.29, 1.82) is 0 Å². The molecular weight excluding hydrogens is 290 g/mol. The molecule has 0 spiro atoms. The maximum atomic E-state index is 11.8. The smallest absolute Gasteiger partial charge is 0.243 e. The number of anilines is 2. The van der Waals surface area contributed by atoms with Gasteiger partial charge in [-0.3, -0.25) is 4.79 Å². The van der Waals surface area contributed by atoms with E-state index in [1.54, 1.807) is 0 Å². The van der Waals surface area contributed by atoms with Crippen LogP contribution in [0.3, 0.4) is 0 Å². The first-order chi connectivity index (χ1) is 9.95. The van der Waals surface area contributed by atoms with Gasteiger partial charge in [0.05, 0.1) is 24.2 Å². The highest BCUT2D eigenvalue weighted by molar-refractivity contribution is 7.88. The van der Waals surface area contributed by atoms with Gasteiger partial charge in [0.15, 0.2) is 0 Å². The topological polar surface area (TPSA) is 69.7 Å². The number of nitrogens with one attached hydrogen (secondary N) is 1. The maximum Gasteiger partial charge on any atom is 0.243 e. The summed E-state index contributed by atoms with van der Waals surface area (Å²) in [5.41, 5.74) is 1.86. The van der Waals surface area contributed by atoms with Crippen molar-refractivity contribution in [2.45, 2.75) is 18.9 Å². The minimum Gasteiger partial charge on any atom is -0.357 e. The van der Waals surface area contributed by atoms with Gasteiger partial charge in [-0.1, -0.05) is 12.1 Å². The van der Waals surface area contributed by atoms with Crippen LogP contribution in [-0.2, 0) is 14.8 Å². The quantitative estimate of drug-likeness (QED) is 0.880. The maximum absolute atomic E-state index is 11.8. The molecule has 114 valence electrons. The molecule has 1 fully saturated rings. The number of nitrogens with zero attached hydrogens (tertiary/aromatic N) is 2. The number of para-hydroxylation sites is 2. The van der Waals surface area contributed by atoms with Crippen molar-refractivity contribution in [2.24, 2.45) is 0 Å². The fraction of sp³-hybridized carbons (Fsp3) is 0.500. The lowest BCUT2D eigenvalue weighted by Gasteiger charge is -2.41. The summed E-state index contributed by atoms with van der Waals surface area (Å²) >= 11 is 0. The molecule has 3 rings (SSSR count). The van der Waals surface area contributed by atoms with E-state index in [9.17, 15) is 13.2 Å². The highest BCUT2D eigenvalue weighted by Gasteiger charge is 2.32. The van der Waals surface area contributed by atoms with Crippen molar-refractivity contribution in [1.82, 2.24) is 4.31 Å². The molecule has 0 atom stereocenters. The van der Waals surface area contributed by atoms with Crippen LogP contribution in [0.2, 0.25) is 0 Å². The Labute approximate surface area is 124 Å². The van der Waals surface area contributed by atoms with Crippen LogP contribution >= 0.6 is 0 Å². The first-order valence-corrected chi connectivity index (χ1v) is 8.90. The number of piperidine rings is 1. The van der Waals surface area contributed by atoms with Crippen LogP contribution in [0.25, 0.3) is 0 Å². The molecule has 21 heavy (non-hydrogen) atoms. The van der Waals surface area contributed by atoms with Crippen molar-refractivity contribution in [3.8, 4) is 0 Å². The Hall–Kier alpha value is -1.60. The number of hydrogen-bond acceptors (Lipinski definition) is 4. The van der Waals surface area contributed by atoms with Gasteiger partial charge in [0.25, 0.3) is 0 Å². The Bertz CT molecular complexity index is 651. The molecule has 0 bridgehead atoms. The monoisotopic (exact) mass is 309 g/mol. The first kappa shape index (κ1) is 14.3. The number of sulfonamides is 1. The van der Waals surface area contributed by atoms with Gasteiger partial charge >= 0.3 is 0 Å². The molecule has 1 aromatic rings. The zero-order valence-corrected chi connectivity index (χ0v) is 12.8. The van der Waals surface area contributed by atoms with E-state index in [2.05, 4.69) is 10.2 Å². The molecule has 2 aliphatic heterocycles. The third kappa shape index (κ3) is 2.89. The van der Waals surface area contributed by atoms with Gasteiger partial charge in [-0.2, -0.15) is 0 Å². The average Bonchev–Trinajstić information content (AvgIpc) is 2.45. The molecule has 0 unspecified atom stereocenters. The van der Waals surface area contributed by atoms with Gasteiger partial charge in [-0.15, -0.1) is 0 Å². The zero-order chi connectivity index (χ0) is 15.0. The number of rotatable bonds is 2. The van der Waals surface area contributed by atoms with Crippen LogP contribution in [0.1, 0.15) is 12.8 Å². The Morgan fingerprint density at radius 3 is 2.52 bits per heavy atom. The summed E-state index contributed by atoms with van der Waals surface area (Å²) in [4.78, 5) is 13.9. The van der Waals surface area contributed by atoms with E-state index in [1.165, 1.54) is 10.6 Å². The highest BCUT2D eigenvalue weighted by Crippen LogP contribution is 2.33. The summed E-state index contributed by atoms with van der Waals surface area (Å²) in [5, 5.41) is 2.88. The molecule has 2 aliphatic rings. The molecule has 0 aromatic heterocycles. The Balaban J connectivity index is 1.78. The number of amides is 1. The lowest BCUT2D eigenvalue weighted by atomic mass is 10.0. The first-order valence-electron chi connectivity index (χ1n) is 7.06. The van der Waals surface area contributed by atoms with Crippen molar-refractivity contribution >= 4 is 27.3 Å². The van der Waals surface area contributed by atoms with E-state index in [0.717, 1.165) is 24.2 Å². The van der Waals surface area contributed by atoms with E-state index in [4.69, 9.17) is 0 Å². The van der Waals surface area contributed by atoms with Crippen molar-refractivity contribution in [3.05, 3.63) is 24.3 Å². The SMILES string of the molecule is CS(=O)(=O)N1CCC(N2CC(=O)Nc3ccccc32)CC1. The van der Waals surface area contributed by atoms with Crippen molar-refractivity contribution in [3.63, 3.8) is 0 Å². The second-order valence-corrected chi connectivity index (χ2v) is 7.57. The van der Waals surface area contributed by atoms with E-state index in [0.29, 0.717) is 19.6 Å². The summed E-state index contributed by atoms with van der Waals surface area (Å²) in [7, 11) is -3.12. The molecule has 0 aliphatic carbocycles. The van der Waals surface area contributed by atoms with Crippen LogP contribution in [0.15, 0.2) is 24.3 Å². The van der Waals surface area contributed by atoms with E-state index < -0.39 is 10.0 Å². The molecule has 1 N–H and O–H groups in total. The fourth-order valence-electron chi connectivity index (χ4n) is 3.07. The van der Waals surface area contributed by atoms with Crippen molar-refractivity contribution < 1.29 is 13.2 Å². The second-order valence-electron chi connectivity index (χ2n) is 5.59. The molecule has 2 heterocycles. The summed E-state index contributed by atoms with van der Waals surface area (Å²) in [5.74, 6) is -0.0146. The van der Waals surface area contributed by atoms with E-state index in [1.807, 2.05) is 24.3 Å². The van der Waals surface area contributed by atoms with Crippen LogP contribution in [-0.4, -0.2) is 50.6 Å². The van der Waals surface area contributed by atoms with Crippen LogP contribution in [0.4, 0.5) is 11.4 Å². The molecule has 7 heteroatoms. The number of carbonyl (C=O) groups is 1. The Kier molecular flexibility index (Phi) is 3.62. The number of benzene rings is 1. The molecule has 0 saturated carbocycles. The lowest BCUT2D eigenvalue weighted by molar-refractivity contribution is -0.115. The van der Waals surface area contributed by atoms with Crippen LogP contribution in [0.5, 0.6) is 0 Å². The third-order valence-electron chi connectivity index (χ3n) is 4.13. The van der Waals surface area contributed by atoms with Gasteiger partial charge in [0, 0.05) is 19.1 Å². The normalized spacial score (nSPS) is 21.0. The summed E-state index contributed by atoms with van der Waals surface area (Å²) in [6.45, 7) is 1.37. The predicted molar refractivity (Wildman–Crippen MR) is 81.9 cm³/mol. The minimum atomic E-state index is -3.12. The van der Waals surface area contributed by atoms with Gasteiger partial charge in [-0.05, 0) is 25.0 Å². The number of fused-ring (bicyclic) bond motifs is 1. The molecule has 1 amide bonds. The Morgan fingerprint density at radius 2 is 1.86 bits per heavy atom. The molecule has 6 nitrogen and oxygen atoms in total. The molecular formula is C14H19N3O3S. The number of hydrogen-bond donors (Lipinski definition) is 1. The van der Waals surface area contributed by atoms with Crippen LogP contribution < -0.4 is 10.2 Å². The largest absolute Gasteiger partial charge is 0.357 e. The zero-order valence-electron chi connectivity index (χ0n) is 11.9. The second kappa shape index (κ2) is 5.31. The average molecular weight is 309 g/mol. The van der Waals surface area contributed by atoms with Crippen molar-refractivity contribution in [2.75, 3.05) is 36.1 Å². The standard InChI is InChI=1S/C14H19N3O3S/c1-21(19,20)16-8-6-11(7-9-16)17-10-14(18)15-12-4-2-3-5-13(12)17/h2-5,11H,6-10H2,1H3,(H,15,18). The minimum absolute atomic E-state index is 0.0146. The Morgan fingerprint density at radius 1 is 1.19 bits per heavy atom. The number of carbonyl (C=O) groups excluding carboxylic acids is 1. The van der Waals surface area contributed by atoms with E-state index in [-0.39, 0.29) is 11.9 Å². The van der Waals surface area contributed by atoms with Gasteiger partial charge in [-0.25, -0.2) is 12.7 Å². The van der Waals surface area contributed by atoms with Gasteiger partial charge < -0.3 is 10.2 Å². The molecule has 0 radical (unpaired) electrons. The van der Waals surface area contributed by atoms with Crippen LogP contribution in [0, 0.1) is 0 Å². The third-order valence-corrected chi connectivity index (χ3v) is 5.44. The summed E-state index contributed by atoms with van der Waals surface area (Å²) in [6.07, 6.45) is 2.74. The van der Waals surface area contributed by atoms with E-state index >= 15 is 0 Å². The summed E-state index contributed by atoms with van der Waals surface area (Å²) in [6, 6.07) is 7.95. The van der Waals surface area contributed by atoms with Gasteiger partial charge in [0.1, 0.15) is 0 Å². The summed E-state index contributed by atoms with van der Waals surface area (Å²) < 4.78 is 24.6. The molecule has 1 saturated heterocycles.